The summed E-state index contributed by atoms with van der Waals surface area (Å²) in [5.74, 6) is 3.00. The van der Waals surface area contributed by atoms with Crippen molar-refractivity contribution in [1.82, 2.24) is 18.8 Å². The van der Waals surface area contributed by atoms with E-state index in [4.69, 9.17) is 38.5 Å². The largest absolute Gasteiger partial charge is 0.493 e. The molecule has 4 aromatic heterocycles. The van der Waals surface area contributed by atoms with Gasteiger partial charge in [0.25, 0.3) is 0 Å². The SMILES string of the molecule is Brc1ccc2ncc(I)n2c1.C.COc1cc(-c2cnc3ccc(Br)cn23)cc(OC)c1OC.COc1cc(B(O)O)cc(OC)c1OC.[Pd].c1ccc(P(c2ccccc2)c2ccccc2)cc1.c1ccc(P(c2ccccc2)c2ccccc2)cc1.c1ccc(P(c2ccccc2)c2ccccc2)cc1.c1ccc(P(c2ccccc2)c2ccccc2)cc1. The molecular weight excluding hydrogens is 1970 g/mol. The van der Waals surface area contributed by atoms with Gasteiger partial charge in [-0.15, -0.1) is 0 Å². The molecule has 638 valence electrons. The molecule has 0 atom stereocenters. The molecule has 126 heavy (non-hydrogen) atoms. The van der Waals surface area contributed by atoms with E-state index in [1.54, 1.807) is 21.3 Å². The normalized spacial score (nSPS) is 10.3. The molecule has 0 aliphatic carbocycles. The number of pyridine rings is 2. The second-order valence-corrected chi connectivity index (χ2v) is 38.8. The first-order valence-corrected chi connectivity index (χ1v) is 47.6. The van der Waals surface area contributed by atoms with Crippen molar-refractivity contribution in [2.75, 3.05) is 42.7 Å². The van der Waals surface area contributed by atoms with Gasteiger partial charge >= 0.3 is 7.12 Å². The van der Waals surface area contributed by atoms with Gasteiger partial charge in [0.05, 0.1) is 60.7 Å². The van der Waals surface area contributed by atoms with E-state index in [2.05, 4.69) is 428 Å². The van der Waals surface area contributed by atoms with Crippen LogP contribution in [0.2, 0.25) is 0 Å². The van der Waals surface area contributed by atoms with Crippen LogP contribution in [-0.2, 0) is 20.4 Å². The molecule has 0 saturated heterocycles. The van der Waals surface area contributed by atoms with E-state index >= 15 is 0 Å². The minimum Gasteiger partial charge on any atom is -0.493 e. The van der Waals surface area contributed by atoms with Crippen molar-refractivity contribution in [2.45, 2.75) is 7.43 Å². The standard InChI is InChI=1S/4C18H15P.C16H15BrN2O3.C9H13BO5.C7H4BrIN2.CH4.Pd/c4*1-4-10-16(11-5-1)19(17-12-6-2-7-13-17)18-14-8-3-9-15-18;1-20-13-6-10(7-14(21-2)16(13)22-3)12-8-18-15-5-4-11(17)9-19(12)15;1-13-7-4-6(10(11)12)5-8(14-2)9(7)15-3;8-5-1-2-7-10-3-6(9)11(7)4-5;;/h4*1-15H;4-9H,1-3H3;4-5,11-12H,1-3H3;1-4H;1H4;. The molecule has 18 rings (SSSR count). The summed E-state index contributed by atoms with van der Waals surface area (Å²) in [6.45, 7) is 0. The zero-order valence-corrected chi connectivity index (χ0v) is 80.0. The van der Waals surface area contributed by atoms with Crippen molar-refractivity contribution in [3.8, 4) is 45.8 Å². The summed E-state index contributed by atoms with van der Waals surface area (Å²) in [6.07, 6.45) is 7.65. The Kier molecular flexibility index (Phi) is 40.1. The Labute approximate surface area is 789 Å². The molecule has 2 N–H and O–H groups in total. The van der Waals surface area contributed by atoms with Crippen LogP contribution in [0.25, 0.3) is 22.6 Å². The summed E-state index contributed by atoms with van der Waals surface area (Å²) in [6, 6.07) is 144. The van der Waals surface area contributed by atoms with E-state index in [0.717, 1.165) is 35.2 Å². The fraction of sp³-hybridized carbons (Fsp3) is 0.0667. The van der Waals surface area contributed by atoms with Gasteiger partial charge in [0, 0.05) is 47.3 Å². The molecule has 21 heteroatoms. The molecule has 0 bridgehead atoms. The summed E-state index contributed by atoms with van der Waals surface area (Å²) >= 11 is 9.13. The van der Waals surface area contributed by atoms with Crippen LogP contribution in [0.5, 0.6) is 34.5 Å². The zero-order valence-electron chi connectivity index (χ0n) is 69.5. The Balaban J connectivity index is 0.000000154. The predicted molar refractivity (Wildman–Crippen MR) is 547 cm³/mol. The molecule has 12 nitrogen and oxygen atoms in total. The van der Waals surface area contributed by atoms with Gasteiger partial charge in [-0.1, -0.05) is 371 Å². The van der Waals surface area contributed by atoms with Crippen LogP contribution in [0.4, 0.5) is 0 Å². The van der Waals surface area contributed by atoms with Crippen molar-refractivity contribution < 1.29 is 58.9 Å². The zero-order chi connectivity index (χ0) is 86.6. The maximum Gasteiger partial charge on any atom is 0.488 e. The second kappa shape index (κ2) is 51.8. The van der Waals surface area contributed by atoms with Crippen LogP contribution in [0.1, 0.15) is 7.43 Å². The van der Waals surface area contributed by atoms with Gasteiger partial charge in [-0.25, -0.2) is 9.97 Å². The molecule has 0 aliphatic rings. The number of aromatic nitrogens is 4. The van der Waals surface area contributed by atoms with Crippen LogP contribution in [-0.4, -0.2) is 78.6 Å². The molecule has 18 aromatic rings. The Bertz CT molecular complexity index is 5290. The number of methoxy groups -OCH3 is 6. The van der Waals surface area contributed by atoms with Crippen molar-refractivity contribution in [3.05, 3.63) is 450 Å². The van der Waals surface area contributed by atoms with Crippen LogP contribution in [0.15, 0.2) is 446 Å². The molecule has 14 aromatic carbocycles. The summed E-state index contributed by atoms with van der Waals surface area (Å²) in [7, 11) is 5.85. The number of nitrogens with zero attached hydrogens (tertiary/aromatic N) is 4. The molecule has 0 saturated carbocycles. The number of benzene rings is 14. The van der Waals surface area contributed by atoms with Gasteiger partial charge in [-0.3, -0.25) is 8.80 Å². The molecule has 0 radical (unpaired) electrons. The summed E-state index contributed by atoms with van der Waals surface area (Å²) < 4.78 is 38.6. The molecule has 4 heterocycles. The number of halogens is 3. The Morgan fingerprint density at radius 1 is 0.286 bits per heavy atom. The maximum absolute atomic E-state index is 9.03. The van der Waals surface area contributed by atoms with Crippen molar-refractivity contribution in [2.24, 2.45) is 0 Å². The smallest absolute Gasteiger partial charge is 0.488 e. The Hall–Kier alpha value is -10.7. The number of hydrogen-bond acceptors (Lipinski definition) is 10. The van der Waals surface area contributed by atoms with E-state index in [9.17, 15) is 0 Å². The van der Waals surface area contributed by atoms with E-state index in [0.29, 0.717) is 34.5 Å². The average molecular weight is 2070 g/mol. The van der Waals surface area contributed by atoms with Crippen LogP contribution >= 0.6 is 86.1 Å². The third-order valence-corrected chi connectivity index (χ3v) is 30.5. The molecular formula is C105H96BBr2IN4O8P4Pd. The van der Waals surface area contributed by atoms with Crippen LogP contribution in [0.3, 0.4) is 0 Å². The fourth-order valence-corrected chi connectivity index (χ4v) is 23.7. The van der Waals surface area contributed by atoms with E-state index < -0.39 is 38.8 Å². The van der Waals surface area contributed by atoms with Gasteiger partial charge in [-0.2, -0.15) is 0 Å². The number of ether oxygens (including phenoxy) is 6. The van der Waals surface area contributed by atoms with Gasteiger partial charge < -0.3 is 38.5 Å². The van der Waals surface area contributed by atoms with E-state index in [1.807, 2.05) is 70.0 Å². The van der Waals surface area contributed by atoms with Gasteiger partial charge in [-0.05, 0) is 204 Å². The van der Waals surface area contributed by atoms with Gasteiger partial charge in [0.2, 0.25) is 11.5 Å². The molecule has 0 amide bonds. The summed E-state index contributed by atoms with van der Waals surface area (Å²) in [5, 5.41) is 34.8. The number of hydrogen-bond donors (Lipinski definition) is 2. The van der Waals surface area contributed by atoms with Gasteiger partial charge in [0.15, 0.2) is 23.0 Å². The first-order chi connectivity index (χ1) is 60.9. The third-order valence-electron chi connectivity index (χ3n) is 19.0. The molecule has 0 fully saturated rings. The average Bonchev–Trinajstić information content (AvgIpc) is 1.61. The second-order valence-electron chi connectivity index (χ2n) is 27.0. The monoisotopic (exact) mass is 2070 g/mol. The van der Waals surface area contributed by atoms with Crippen LogP contribution in [0, 0.1) is 3.70 Å². The Morgan fingerprint density at radius 2 is 0.492 bits per heavy atom. The third kappa shape index (κ3) is 27.2. The van der Waals surface area contributed by atoms with Gasteiger partial charge in [0.1, 0.15) is 15.0 Å². The molecule has 0 unspecified atom stereocenters. The number of imidazole rings is 2. The van der Waals surface area contributed by atoms with Crippen molar-refractivity contribution in [1.29, 1.82) is 0 Å². The molecule has 0 spiro atoms. The maximum atomic E-state index is 9.03. The first-order valence-electron chi connectivity index (χ1n) is 39.6. The number of fused-ring (bicyclic) bond motifs is 2. The van der Waals surface area contributed by atoms with Crippen LogP contribution < -0.4 is 97.5 Å². The quantitative estimate of drug-likeness (QED) is 0.0432. The number of rotatable bonds is 20. The Morgan fingerprint density at radius 3 is 0.706 bits per heavy atom. The fourth-order valence-electron chi connectivity index (χ4n) is 13.3. The van der Waals surface area contributed by atoms with E-state index in [1.165, 1.54) is 97.1 Å². The minimum atomic E-state index is -1.57. The summed E-state index contributed by atoms with van der Waals surface area (Å²) in [4.78, 5) is 8.61. The van der Waals surface area contributed by atoms with Crippen molar-refractivity contribution >= 4 is 174 Å². The topological polar surface area (TPSA) is 130 Å². The predicted octanol–water partition coefficient (Wildman–Crippen LogP) is 20.3. The first kappa shape index (κ1) is 97.5. The summed E-state index contributed by atoms with van der Waals surface area (Å²) in [5.41, 5.74) is 4.00. The van der Waals surface area contributed by atoms with E-state index in [-0.39, 0.29) is 33.3 Å². The van der Waals surface area contributed by atoms with Crippen molar-refractivity contribution in [3.63, 3.8) is 0 Å². The minimum absolute atomic E-state index is 0. The molecule has 0 aliphatic heterocycles.